The van der Waals surface area contributed by atoms with Gasteiger partial charge in [-0.2, -0.15) is 0 Å². The van der Waals surface area contributed by atoms with Crippen LogP contribution in [0.15, 0.2) is 24.3 Å². The minimum atomic E-state index is 0.129. The van der Waals surface area contributed by atoms with Crippen molar-refractivity contribution in [2.24, 2.45) is 5.92 Å². The maximum atomic E-state index is 12.4. The topological polar surface area (TPSA) is 25.2 Å². The lowest BCUT2D eigenvalue weighted by molar-refractivity contribution is -0.132. The highest BCUT2D eigenvalue weighted by molar-refractivity contribution is 5.76. The summed E-state index contributed by atoms with van der Waals surface area (Å²) in [7, 11) is 1.89. The molecule has 0 aliphatic heterocycles. The van der Waals surface area contributed by atoms with Gasteiger partial charge in [0.15, 0.2) is 0 Å². The Balaban J connectivity index is 2.38. The highest BCUT2D eigenvalue weighted by atomic mass is 16.2. The van der Waals surface area contributed by atoms with Gasteiger partial charge in [-0.1, -0.05) is 45.6 Å². The van der Waals surface area contributed by atoms with Crippen LogP contribution in [0.4, 0.5) is 0 Å². The van der Waals surface area contributed by atoms with E-state index >= 15 is 0 Å². The van der Waals surface area contributed by atoms with Gasteiger partial charge in [-0.25, -0.2) is 0 Å². The van der Waals surface area contributed by atoms with Crippen LogP contribution in [0.2, 0.25) is 0 Å². The minimum Gasteiger partial charge on any atom is -0.343 e. The fourth-order valence-electron chi connectivity index (χ4n) is 3.25. The minimum absolute atomic E-state index is 0.129. The molecule has 1 atom stereocenters. The van der Waals surface area contributed by atoms with E-state index in [9.17, 15) is 4.79 Å². The number of carbonyl (C=O) groups excluding carboxylic acids is 1. The third-order valence-electron chi connectivity index (χ3n) is 4.38. The fraction of sp³-hybridized carbons (Fsp3) is 0.550. The molecule has 0 spiro atoms. The standard InChI is InChI=1S/C20H32N2O/c1-15(2)20(16(3)4)21(7)19(23)11-9-8-10-14-22-17(5)12-13-18(22)6/h12-13,16,20H,1,5-6,8-11,14H2,2-4,7H3. The van der Waals surface area contributed by atoms with Gasteiger partial charge in [0.1, 0.15) is 0 Å². The first-order valence-electron chi connectivity index (χ1n) is 8.50. The molecule has 1 unspecified atom stereocenters. The summed E-state index contributed by atoms with van der Waals surface area (Å²) < 4.78 is 2.13. The van der Waals surface area contributed by atoms with E-state index in [1.165, 1.54) is 0 Å². The molecule has 0 bridgehead atoms. The number of rotatable bonds is 9. The molecule has 0 fully saturated rings. The molecule has 0 aliphatic rings. The number of unbranched alkanes of at least 4 members (excludes halogenated alkanes) is 2. The van der Waals surface area contributed by atoms with Crippen molar-refractivity contribution in [3.63, 3.8) is 0 Å². The molecule has 1 aromatic heterocycles. The number of amides is 1. The summed E-state index contributed by atoms with van der Waals surface area (Å²) in [6.07, 6.45) is 3.61. The van der Waals surface area contributed by atoms with Crippen LogP contribution in [0, 0.1) is 5.92 Å². The second kappa shape index (κ2) is 8.76. The summed E-state index contributed by atoms with van der Waals surface area (Å²) in [6, 6.07) is 4.11. The van der Waals surface area contributed by atoms with Crippen LogP contribution in [0.3, 0.4) is 0 Å². The summed E-state index contributed by atoms with van der Waals surface area (Å²) in [5.41, 5.74) is 1.05. The first-order chi connectivity index (χ1) is 10.8. The Morgan fingerprint density at radius 1 is 1.17 bits per heavy atom. The Morgan fingerprint density at radius 3 is 2.22 bits per heavy atom. The first kappa shape index (κ1) is 19.3. The van der Waals surface area contributed by atoms with Gasteiger partial charge in [0.05, 0.1) is 6.04 Å². The van der Waals surface area contributed by atoms with Crippen molar-refractivity contribution in [3.05, 3.63) is 35.0 Å². The molecule has 23 heavy (non-hydrogen) atoms. The third-order valence-corrected chi connectivity index (χ3v) is 4.38. The van der Waals surface area contributed by atoms with E-state index in [1.54, 1.807) is 0 Å². The molecule has 0 aliphatic carbocycles. The monoisotopic (exact) mass is 316 g/mol. The maximum Gasteiger partial charge on any atom is 0.222 e. The molecule has 3 nitrogen and oxygen atoms in total. The molecule has 1 heterocycles. The van der Waals surface area contributed by atoms with Gasteiger partial charge in [-0.3, -0.25) is 4.79 Å². The van der Waals surface area contributed by atoms with Gasteiger partial charge in [-0.05, 0) is 37.8 Å². The zero-order valence-electron chi connectivity index (χ0n) is 15.3. The van der Waals surface area contributed by atoms with Gasteiger partial charge in [0, 0.05) is 30.7 Å². The average molecular weight is 316 g/mol. The smallest absolute Gasteiger partial charge is 0.222 e. The normalized spacial score (nSPS) is 12.4. The molecule has 0 aromatic carbocycles. The maximum absolute atomic E-state index is 12.4. The summed E-state index contributed by atoms with van der Waals surface area (Å²) in [5.74, 6) is 0.601. The van der Waals surface area contributed by atoms with Crippen molar-refractivity contribution in [3.8, 4) is 0 Å². The molecule has 1 amide bonds. The summed E-state index contributed by atoms with van der Waals surface area (Å²) >= 11 is 0. The Hall–Kier alpha value is -1.77. The number of nitrogens with zero attached hydrogens (tertiary/aromatic N) is 2. The van der Waals surface area contributed by atoms with E-state index < -0.39 is 0 Å². The second-order valence-electron chi connectivity index (χ2n) is 6.82. The van der Waals surface area contributed by atoms with E-state index in [4.69, 9.17) is 0 Å². The van der Waals surface area contributed by atoms with Crippen LogP contribution in [0.1, 0.15) is 46.5 Å². The van der Waals surface area contributed by atoms with E-state index in [1.807, 2.05) is 31.0 Å². The molecule has 0 radical (unpaired) electrons. The largest absolute Gasteiger partial charge is 0.343 e. The Labute approximate surface area is 141 Å². The Kier molecular flexibility index (Phi) is 7.34. The number of hydrogen-bond donors (Lipinski definition) is 0. The highest BCUT2D eigenvalue weighted by Crippen LogP contribution is 2.18. The van der Waals surface area contributed by atoms with E-state index in [-0.39, 0.29) is 11.9 Å². The van der Waals surface area contributed by atoms with Crippen LogP contribution in [0.5, 0.6) is 0 Å². The Bertz CT molecular complexity index is 599. The SMILES string of the molecule is C=C(C)C(C(C)C)N(C)C(=O)CCCCCn1c(=C)ccc1=C. The molecule has 0 saturated heterocycles. The lowest BCUT2D eigenvalue weighted by atomic mass is 9.96. The van der Waals surface area contributed by atoms with Crippen molar-refractivity contribution in [1.29, 1.82) is 0 Å². The molecule has 0 saturated carbocycles. The zero-order chi connectivity index (χ0) is 17.6. The molecular formula is C20H32N2O. The van der Waals surface area contributed by atoms with Crippen molar-refractivity contribution < 1.29 is 4.79 Å². The van der Waals surface area contributed by atoms with Crippen LogP contribution >= 0.6 is 0 Å². The number of hydrogen-bond acceptors (Lipinski definition) is 1. The summed E-state index contributed by atoms with van der Waals surface area (Å²) in [6.45, 7) is 19.2. The van der Waals surface area contributed by atoms with Crippen LogP contribution in [0.25, 0.3) is 13.2 Å². The zero-order valence-corrected chi connectivity index (χ0v) is 15.3. The molecule has 128 valence electrons. The van der Waals surface area contributed by atoms with Crippen molar-refractivity contribution in [2.75, 3.05) is 7.05 Å². The van der Waals surface area contributed by atoms with Gasteiger partial charge in [0.2, 0.25) is 5.91 Å². The van der Waals surface area contributed by atoms with Gasteiger partial charge in [-0.15, -0.1) is 0 Å². The lowest BCUT2D eigenvalue weighted by Crippen LogP contribution is -2.40. The third kappa shape index (κ3) is 5.42. The average Bonchev–Trinajstić information content (AvgIpc) is 2.77. The molecule has 1 rings (SSSR count). The summed E-state index contributed by atoms with van der Waals surface area (Å²) in [5, 5.41) is 2.01. The molecular weight excluding hydrogens is 284 g/mol. The number of carbonyl (C=O) groups is 1. The first-order valence-corrected chi connectivity index (χ1v) is 8.50. The molecule has 0 N–H and O–H groups in total. The quantitative estimate of drug-likeness (QED) is 0.508. The number of likely N-dealkylation sites (N-methyl/N-ethyl adjacent to an activating group) is 1. The van der Waals surface area contributed by atoms with E-state index in [0.29, 0.717) is 12.3 Å². The van der Waals surface area contributed by atoms with E-state index in [0.717, 1.165) is 42.1 Å². The number of aromatic nitrogens is 1. The lowest BCUT2D eigenvalue weighted by Gasteiger charge is -2.32. The highest BCUT2D eigenvalue weighted by Gasteiger charge is 2.22. The second-order valence-corrected chi connectivity index (χ2v) is 6.82. The van der Waals surface area contributed by atoms with Crippen molar-refractivity contribution >= 4 is 19.1 Å². The summed E-state index contributed by atoms with van der Waals surface area (Å²) in [4.78, 5) is 14.2. The predicted molar refractivity (Wildman–Crippen MR) is 99.4 cm³/mol. The van der Waals surface area contributed by atoms with Gasteiger partial charge in [0.25, 0.3) is 0 Å². The Morgan fingerprint density at radius 2 is 1.74 bits per heavy atom. The molecule has 3 heteroatoms. The van der Waals surface area contributed by atoms with E-state index in [2.05, 4.69) is 38.2 Å². The van der Waals surface area contributed by atoms with Crippen molar-refractivity contribution in [1.82, 2.24) is 9.47 Å². The van der Waals surface area contributed by atoms with Crippen molar-refractivity contribution in [2.45, 2.75) is 59.0 Å². The predicted octanol–water partition coefficient (Wildman–Crippen LogP) is 2.93. The van der Waals surface area contributed by atoms with Gasteiger partial charge < -0.3 is 9.47 Å². The fourth-order valence-corrected chi connectivity index (χ4v) is 3.25. The molecule has 1 aromatic rings. The van der Waals surface area contributed by atoms with Gasteiger partial charge >= 0.3 is 0 Å². The van der Waals surface area contributed by atoms with Crippen LogP contribution in [-0.2, 0) is 11.3 Å². The van der Waals surface area contributed by atoms with Crippen LogP contribution < -0.4 is 10.7 Å². The van der Waals surface area contributed by atoms with Crippen LogP contribution in [-0.4, -0.2) is 28.5 Å².